The van der Waals surface area contributed by atoms with E-state index in [0.717, 1.165) is 0 Å². The largest absolute Gasteiger partial charge is 0.411 e. The van der Waals surface area contributed by atoms with Crippen molar-refractivity contribution in [3.05, 3.63) is 34.9 Å². The third-order valence-corrected chi connectivity index (χ3v) is 1.68. The van der Waals surface area contributed by atoms with Gasteiger partial charge in [0.1, 0.15) is 12.4 Å². The lowest BCUT2D eigenvalue weighted by atomic mass is 10.1. The number of benzene rings is 1. The second-order valence-electron chi connectivity index (χ2n) is 2.19. The van der Waals surface area contributed by atoms with Crippen molar-refractivity contribution in [2.75, 3.05) is 6.67 Å². The zero-order chi connectivity index (χ0) is 8.97. The van der Waals surface area contributed by atoms with Gasteiger partial charge in [-0.15, -0.1) is 0 Å². The predicted octanol–water partition coefficient (Wildman–Crippen LogP) is 2.49. The summed E-state index contributed by atoms with van der Waals surface area (Å²) in [6, 6.07) is 6.41. The Balaban J connectivity index is 2.96. The fourth-order valence-corrected chi connectivity index (χ4v) is 0.930. The van der Waals surface area contributed by atoms with Gasteiger partial charge >= 0.3 is 0 Å². The van der Waals surface area contributed by atoms with Crippen LogP contribution in [0.25, 0.3) is 0 Å². The van der Waals surface area contributed by atoms with E-state index >= 15 is 0 Å². The van der Waals surface area contributed by atoms with Gasteiger partial charge in [-0.25, -0.2) is 4.39 Å². The van der Waals surface area contributed by atoms with E-state index < -0.39 is 6.67 Å². The van der Waals surface area contributed by atoms with Gasteiger partial charge in [-0.05, 0) is 12.1 Å². The molecule has 0 atom stereocenters. The van der Waals surface area contributed by atoms with Crippen molar-refractivity contribution in [2.45, 2.75) is 0 Å². The van der Waals surface area contributed by atoms with Gasteiger partial charge in [0.05, 0.1) is 0 Å². The third kappa shape index (κ3) is 1.95. The topological polar surface area (TPSA) is 32.6 Å². The second-order valence-corrected chi connectivity index (χ2v) is 2.62. The predicted molar refractivity (Wildman–Crippen MR) is 45.8 cm³/mol. The fraction of sp³-hybridized carbons (Fsp3) is 0.125. The molecule has 2 nitrogen and oxygen atoms in total. The molecule has 0 aliphatic rings. The van der Waals surface area contributed by atoms with Gasteiger partial charge in [0.15, 0.2) is 0 Å². The summed E-state index contributed by atoms with van der Waals surface area (Å²) in [7, 11) is 0. The number of nitrogens with zero attached hydrogens (tertiary/aromatic N) is 1. The Hall–Kier alpha value is -1.09. The molecule has 0 heterocycles. The molecular formula is C8H7ClFNO. The molecule has 0 saturated carbocycles. The Morgan fingerprint density at radius 1 is 1.42 bits per heavy atom. The molecule has 0 aliphatic carbocycles. The van der Waals surface area contributed by atoms with Crippen LogP contribution in [0.1, 0.15) is 5.56 Å². The maximum Gasteiger partial charge on any atom is 0.135 e. The van der Waals surface area contributed by atoms with Gasteiger partial charge < -0.3 is 5.21 Å². The van der Waals surface area contributed by atoms with Crippen LogP contribution in [0.15, 0.2) is 29.4 Å². The smallest absolute Gasteiger partial charge is 0.135 e. The Kier molecular flexibility index (Phi) is 3.05. The van der Waals surface area contributed by atoms with Crippen molar-refractivity contribution >= 4 is 17.3 Å². The summed E-state index contributed by atoms with van der Waals surface area (Å²) in [6.07, 6.45) is 0. The van der Waals surface area contributed by atoms with Crippen LogP contribution in [0.2, 0.25) is 5.02 Å². The molecule has 0 aromatic heterocycles. The molecule has 1 N–H and O–H groups in total. The van der Waals surface area contributed by atoms with Crippen molar-refractivity contribution in [2.24, 2.45) is 5.16 Å². The third-order valence-electron chi connectivity index (χ3n) is 1.42. The molecule has 0 saturated heterocycles. The van der Waals surface area contributed by atoms with E-state index in [-0.39, 0.29) is 5.71 Å². The molecule has 12 heavy (non-hydrogen) atoms. The Morgan fingerprint density at radius 2 is 2.00 bits per heavy atom. The van der Waals surface area contributed by atoms with E-state index in [1.807, 2.05) is 0 Å². The maximum absolute atomic E-state index is 12.1. The van der Waals surface area contributed by atoms with Crippen molar-refractivity contribution < 1.29 is 9.60 Å². The molecule has 0 fully saturated rings. The van der Waals surface area contributed by atoms with Crippen molar-refractivity contribution in [3.8, 4) is 0 Å². The molecule has 0 aliphatic heterocycles. The molecule has 0 bridgehead atoms. The summed E-state index contributed by atoms with van der Waals surface area (Å²) < 4.78 is 12.1. The van der Waals surface area contributed by atoms with E-state index in [1.54, 1.807) is 24.3 Å². The van der Waals surface area contributed by atoms with Gasteiger partial charge in [0.2, 0.25) is 0 Å². The summed E-state index contributed by atoms with van der Waals surface area (Å²) in [5, 5.41) is 11.7. The second kappa shape index (κ2) is 4.07. The zero-order valence-corrected chi connectivity index (χ0v) is 6.92. The first-order valence-electron chi connectivity index (χ1n) is 3.30. The van der Waals surface area contributed by atoms with Crippen LogP contribution >= 0.6 is 11.6 Å². The van der Waals surface area contributed by atoms with Crippen molar-refractivity contribution in [1.82, 2.24) is 0 Å². The summed E-state index contributed by atoms with van der Waals surface area (Å²) in [6.45, 7) is -0.794. The summed E-state index contributed by atoms with van der Waals surface area (Å²) >= 11 is 5.61. The first-order chi connectivity index (χ1) is 5.77. The number of hydrogen-bond acceptors (Lipinski definition) is 2. The van der Waals surface area contributed by atoms with E-state index in [2.05, 4.69) is 5.16 Å². The van der Waals surface area contributed by atoms with Crippen molar-refractivity contribution in [3.63, 3.8) is 0 Å². The first-order valence-corrected chi connectivity index (χ1v) is 3.68. The number of rotatable bonds is 2. The first kappa shape index (κ1) is 9.00. The molecular weight excluding hydrogens is 181 g/mol. The quantitative estimate of drug-likeness (QED) is 0.431. The summed E-state index contributed by atoms with van der Waals surface area (Å²) in [5.41, 5.74) is 0.538. The summed E-state index contributed by atoms with van der Waals surface area (Å²) in [4.78, 5) is 0. The van der Waals surface area contributed by atoms with Gasteiger partial charge in [0.25, 0.3) is 0 Å². The molecule has 0 amide bonds. The lowest BCUT2D eigenvalue weighted by molar-refractivity contribution is 0.316. The highest BCUT2D eigenvalue weighted by molar-refractivity contribution is 6.30. The number of alkyl halides is 1. The number of halogens is 2. The van der Waals surface area contributed by atoms with Crippen LogP contribution in [0.4, 0.5) is 4.39 Å². The fourth-order valence-electron chi connectivity index (χ4n) is 0.804. The molecule has 1 aromatic carbocycles. The molecule has 64 valence electrons. The van der Waals surface area contributed by atoms with Gasteiger partial charge in [0, 0.05) is 10.6 Å². The molecule has 0 spiro atoms. The lowest BCUT2D eigenvalue weighted by Crippen LogP contribution is -2.02. The maximum atomic E-state index is 12.1. The number of oxime groups is 1. The van der Waals surface area contributed by atoms with Crippen LogP contribution < -0.4 is 0 Å². The monoisotopic (exact) mass is 187 g/mol. The van der Waals surface area contributed by atoms with Gasteiger partial charge in [-0.3, -0.25) is 0 Å². The minimum Gasteiger partial charge on any atom is -0.411 e. The standard InChI is InChI=1S/C8H7ClFNO/c9-7-3-1-6(2-4-7)8(5-10)11-12/h1-4,12H,5H2/b11-8+. The minimum atomic E-state index is -0.794. The SMILES string of the molecule is O/N=C(\CF)c1ccc(Cl)cc1. The highest BCUT2D eigenvalue weighted by Crippen LogP contribution is 2.10. The normalized spacial score (nSPS) is 11.7. The Labute approximate surface area is 74.3 Å². The molecule has 0 radical (unpaired) electrons. The lowest BCUT2D eigenvalue weighted by Gasteiger charge is -1.98. The highest BCUT2D eigenvalue weighted by atomic mass is 35.5. The minimum absolute atomic E-state index is 0.00617. The van der Waals surface area contributed by atoms with E-state index in [4.69, 9.17) is 16.8 Å². The summed E-state index contributed by atoms with van der Waals surface area (Å²) in [5.74, 6) is 0. The average molecular weight is 188 g/mol. The zero-order valence-electron chi connectivity index (χ0n) is 6.17. The average Bonchev–Trinajstić information content (AvgIpc) is 2.10. The van der Waals surface area contributed by atoms with Gasteiger partial charge in [-0.1, -0.05) is 28.9 Å². The Morgan fingerprint density at radius 3 is 2.42 bits per heavy atom. The van der Waals surface area contributed by atoms with Crippen molar-refractivity contribution in [1.29, 1.82) is 0 Å². The van der Waals surface area contributed by atoms with Gasteiger partial charge in [-0.2, -0.15) is 0 Å². The highest BCUT2D eigenvalue weighted by Gasteiger charge is 2.02. The number of hydrogen-bond donors (Lipinski definition) is 1. The molecule has 0 unspecified atom stereocenters. The van der Waals surface area contributed by atoms with Crippen LogP contribution in [-0.4, -0.2) is 17.6 Å². The Bertz CT molecular complexity index is 284. The van der Waals surface area contributed by atoms with Crippen LogP contribution in [0, 0.1) is 0 Å². The van der Waals surface area contributed by atoms with E-state index in [9.17, 15) is 4.39 Å². The molecule has 4 heteroatoms. The molecule has 1 aromatic rings. The van der Waals surface area contributed by atoms with Crippen LogP contribution in [-0.2, 0) is 0 Å². The molecule has 1 rings (SSSR count). The van der Waals surface area contributed by atoms with E-state index in [0.29, 0.717) is 10.6 Å². The van der Waals surface area contributed by atoms with E-state index in [1.165, 1.54) is 0 Å². The van der Waals surface area contributed by atoms with Crippen LogP contribution in [0.5, 0.6) is 0 Å². The van der Waals surface area contributed by atoms with Crippen LogP contribution in [0.3, 0.4) is 0 Å².